The van der Waals surface area contributed by atoms with Crippen molar-refractivity contribution in [3.63, 3.8) is 0 Å². The summed E-state index contributed by atoms with van der Waals surface area (Å²) in [7, 11) is 1.80. The van der Waals surface area contributed by atoms with Crippen molar-refractivity contribution in [1.29, 1.82) is 0 Å². The fourth-order valence-electron chi connectivity index (χ4n) is 2.50. The Morgan fingerprint density at radius 3 is 2.77 bits per heavy atom. The molecule has 22 heavy (non-hydrogen) atoms. The molecule has 124 valence electrons. The molecule has 6 nitrogen and oxygen atoms in total. The van der Waals surface area contributed by atoms with E-state index in [1.807, 2.05) is 12.3 Å². The van der Waals surface area contributed by atoms with Gasteiger partial charge in [0.1, 0.15) is 0 Å². The summed E-state index contributed by atoms with van der Waals surface area (Å²) >= 11 is 1.61. The zero-order valence-corrected chi connectivity index (χ0v) is 14.7. The van der Waals surface area contributed by atoms with Gasteiger partial charge in [0.2, 0.25) is 0 Å². The first kappa shape index (κ1) is 17.2. The third-order valence-corrected chi connectivity index (χ3v) is 4.77. The van der Waals surface area contributed by atoms with Crippen LogP contribution in [0.2, 0.25) is 0 Å². The van der Waals surface area contributed by atoms with Crippen LogP contribution in [0.3, 0.4) is 0 Å². The van der Waals surface area contributed by atoms with Gasteiger partial charge in [0.05, 0.1) is 30.5 Å². The van der Waals surface area contributed by atoms with Crippen LogP contribution in [0.4, 0.5) is 4.79 Å². The van der Waals surface area contributed by atoms with Gasteiger partial charge in [-0.05, 0) is 20.8 Å². The Morgan fingerprint density at radius 1 is 1.50 bits per heavy atom. The third-order valence-electron chi connectivity index (χ3n) is 3.95. The highest BCUT2D eigenvalue weighted by Crippen LogP contribution is 2.15. The lowest BCUT2D eigenvalue weighted by Crippen LogP contribution is -2.56. The summed E-state index contributed by atoms with van der Waals surface area (Å²) in [5.74, 6) is 0. The number of nitrogens with zero attached hydrogens (tertiary/aromatic N) is 3. The second kappa shape index (κ2) is 7.39. The fourth-order valence-corrected chi connectivity index (χ4v) is 3.11. The van der Waals surface area contributed by atoms with Gasteiger partial charge in [-0.25, -0.2) is 9.78 Å². The van der Waals surface area contributed by atoms with Gasteiger partial charge in [-0.15, -0.1) is 11.3 Å². The number of hydrogen-bond acceptors (Lipinski definition) is 5. The number of rotatable bonds is 5. The minimum atomic E-state index is -0.0719. The number of aromatic nitrogens is 1. The molecule has 0 saturated carbocycles. The molecule has 1 aromatic rings. The highest BCUT2D eigenvalue weighted by atomic mass is 32.1. The summed E-state index contributed by atoms with van der Waals surface area (Å²) < 4.78 is 5.38. The van der Waals surface area contributed by atoms with Gasteiger partial charge in [0.25, 0.3) is 0 Å². The molecule has 0 atom stereocenters. The van der Waals surface area contributed by atoms with Crippen molar-refractivity contribution in [2.45, 2.75) is 32.9 Å². The van der Waals surface area contributed by atoms with E-state index in [0.717, 1.165) is 37.0 Å². The van der Waals surface area contributed by atoms with Crippen LogP contribution in [0.25, 0.3) is 0 Å². The summed E-state index contributed by atoms with van der Waals surface area (Å²) in [4.78, 5) is 20.7. The number of morpholine rings is 1. The average molecular weight is 326 g/mol. The molecule has 2 amide bonds. The van der Waals surface area contributed by atoms with E-state index in [1.54, 1.807) is 23.3 Å². The Morgan fingerprint density at radius 2 is 2.18 bits per heavy atom. The molecule has 1 aromatic heterocycles. The Hall–Kier alpha value is -1.18. The van der Waals surface area contributed by atoms with Gasteiger partial charge >= 0.3 is 6.03 Å². The first-order valence-corrected chi connectivity index (χ1v) is 8.49. The zero-order chi connectivity index (χ0) is 16.2. The molecule has 0 aromatic carbocycles. The van der Waals surface area contributed by atoms with Crippen molar-refractivity contribution in [2.24, 2.45) is 0 Å². The Kier molecular flexibility index (Phi) is 5.77. The fraction of sp³-hybridized carbons (Fsp3) is 0.733. The summed E-state index contributed by atoms with van der Waals surface area (Å²) in [6.07, 6.45) is 0. The number of amides is 2. The molecule has 0 spiro atoms. The summed E-state index contributed by atoms with van der Waals surface area (Å²) in [5.41, 5.74) is 0.866. The molecule has 0 aliphatic carbocycles. The lowest BCUT2D eigenvalue weighted by Gasteiger charge is -2.41. The number of nitrogens with one attached hydrogen (secondary N) is 1. The van der Waals surface area contributed by atoms with Crippen molar-refractivity contribution < 1.29 is 9.53 Å². The van der Waals surface area contributed by atoms with Gasteiger partial charge < -0.3 is 15.0 Å². The Bertz CT molecular complexity index is 497. The highest BCUT2D eigenvalue weighted by molar-refractivity contribution is 7.09. The van der Waals surface area contributed by atoms with Crippen LogP contribution < -0.4 is 5.32 Å². The maximum Gasteiger partial charge on any atom is 0.317 e. The average Bonchev–Trinajstić information content (AvgIpc) is 2.91. The predicted molar refractivity (Wildman–Crippen MR) is 88.2 cm³/mol. The quantitative estimate of drug-likeness (QED) is 0.895. The monoisotopic (exact) mass is 326 g/mol. The lowest BCUT2D eigenvalue weighted by molar-refractivity contribution is -0.00900. The molecule has 1 saturated heterocycles. The maximum atomic E-state index is 12.2. The molecule has 1 aliphatic heterocycles. The molecule has 2 rings (SSSR count). The summed E-state index contributed by atoms with van der Waals surface area (Å²) in [6.45, 7) is 10.8. The van der Waals surface area contributed by atoms with Gasteiger partial charge in [0, 0.05) is 37.6 Å². The first-order valence-electron chi connectivity index (χ1n) is 7.61. The Balaban J connectivity index is 1.80. The standard InChI is InChI=1S/C15H26N4O2S/c1-12-17-13(10-22-12)9-18(4)14(20)16-11-15(2,3)19-5-7-21-8-6-19/h10H,5-9,11H2,1-4H3,(H,16,20). The molecular formula is C15H26N4O2S. The molecule has 1 N–H and O–H groups in total. The maximum absolute atomic E-state index is 12.2. The molecule has 2 heterocycles. The number of hydrogen-bond donors (Lipinski definition) is 1. The largest absolute Gasteiger partial charge is 0.379 e. The van der Waals surface area contributed by atoms with Crippen LogP contribution in [0.1, 0.15) is 24.5 Å². The first-order chi connectivity index (χ1) is 10.4. The van der Waals surface area contributed by atoms with Crippen LogP contribution in [-0.2, 0) is 11.3 Å². The predicted octanol–water partition coefficient (Wildman–Crippen LogP) is 1.70. The van der Waals surface area contributed by atoms with Crippen molar-refractivity contribution in [1.82, 2.24) is 20.1 Å². The topological polar surface area (TPSA) is 57.7 Å². The van der Waals surface area contributed by atoms with E-state index in [4.69, 9.17) is 4.74 Å². The number of aryl methyl sites for hydroxylation is 1. The van der Waals surface area contributed by atoms with E-state index < -0.39 is 0 Å². The van der Waals surface area contributed by atoms with Crippen LogP contribution >= 0.6 is 11.3 Å². The van der Waals surface area contributed by atoms with E-state index in [0.29, 0.717) is 13.1 Å². The Labute approximate surface area is 136 Å². The third kappa shape index (κ3) is 4.66. The smallest absolute Gasteiger partial charge is 0.317 e. The van der Waals surface area contributed by atoms with Crippen LogP contribution in [-0.4, -0.2) is 66.2 Å². The van der Waals surface area contributed by atoms with Crippen LogP contribution in [0.5, 0.6) is 0 Å². The normalized spacial score (nSPS) is 16.5. The zero-order valence-electron chi connectivity index (χ0n) is 13.9. The van der Waals surface area contributed by atoms with Gasteiger partial charge in [0.15, 0.2) is 0 Å². The van der Waals surface area contributed by atoms with Gasteiger partial charge in [-0.3, -0.25) is 4.90 Å². The van der Waals surface area contributed by atoms with E-state index in [2.05, 4.69) is 29.0 Å². The molecule has 1 aliphatic rings. The van der Waals surface area contributed by atoms with E-state index in [9.17, 15) is 4.79 Å². The van der Waals surface area contributed by atoms with E-state index >= 15 is 0 Å². The molecule has 0 bridgehead atoms. The number of urea groups is 1. The molecule has 0 unspecified atom stereocenters. The second-order valence-electron chi connectivity index (χ2n) is 6.28. The van der Waals surface area contributed by atoms with E-state index in [-0.39, 0.29) is 11.6 Å². The number of thiazole rings is 1. The van der Waals surface area contributed by atoms with Gasteiger partial charge in [-0.1, -0.05) is 0 Å². The van der Waals surface area contributed by atoms with Crippen molar-refractivity contribution in [2.75, 3.05) is 39.9 Å². The number of ether oxygens (including phenoxy) is 1. The molecule has 7 heteroatoms. The van der Waals surface area contributed by atoms with Crippen LogP contribution in [0, 0.1) is 6.92 Å². The minimum Gasteiger partial charge on any atom is -0.379 e. The van der Waals surface area contributed by atoms with Crippen molar-refractivity contribution in [3.8, 4) is 0 Å². The SMILES string of the molecule is Cc1nc(CN(C)C(=O)NCC(C)(C)N2CCOCC2)cs1. The minimum absolute atomic E-state index is 0.0630. The molecule has 1 fully saturated rings. The van der Waals surface area contributed by atoms with Crippen LogP contribution in [0.15, 0.2) is 5.38 Å². The van der Waals surface area contributed by atoms with E-state index in [1.165, 1.54) is 0 Å². The number of carbonyl (C=O) groups is 1. The lowest BCUT2D eigenvalue weighted by atomic mass is 10.0. The molecule has 0 radical (unpaired) electrons. The van der Waals surface area contributed by atoms with Crippen molar-refractivity contribution >= 4 is 17.4 Å². The highest BCUT2D eigenvalue weighted by Gasteiger charge is 2.28. The summed E-state index contributed by atoms with van der Waals surface area (Å²) in [5, 5.41) is 6.05. The summed E-state index contributed by atoms with van der Waals surface area (Å²) in [6, 6.07) is -0.0630. The van der Waals surface area contributed by atoms with Crippen molar-refractivity contribution in [3.05, 3.63) is 16.1 Å². The number of carbonyl (C=O) groups excluding carboxylic acids is 1. The second-order valence-corrected chi connectivity index (χ2v) is 7.35. The van der Waals surface area contributed by atoms with Gasteiger partial charge in [-0.2, -0.15) is 0 Å². The molecular weight excluding hydrogens is 300 g/mol.